The Morgan fingerprint density at radius 1 is 0.425 bits per heavy atom. The summed E-state index contributed by atoms with van der Waals surface area (Å²) in [6, 6.07) is 33.3. The molecule has 40 heavy (non-hydrogen) atoms. The van der Waals surface area contributed by atoms with Gasteiger partial charge in [0.25, 0.3) is 0 Å². The fourth-order valence-corrected chi connectivity index (χ4v) is 8.53. The molecule has 0 aliphatic carbocycles. The molecule has 1 nitrogen and oxygen atoms in total. The van der Waals surface area contributed by atoms with Crippen molar-refractivity contribution in [1.29, 1.82) is 0 Å². The van der Waals surface area contributed by atoms with E-state index in [0.717, 1.165) is 0 Å². The number of phenols is 1. The van der Waals surface area contributed by atoms with Gasteiger partial charge in [-0.2, -0.15) is 0 Å². The van der Waals surface area contributed by atoms with Crippen LogP contribution in [0, 0.1) is 55.4 Å². The lowest BCUT2D eigenvalue weighted by Crippen LogP contribution is -2.29. The molecule has 0 radical (unpaired) electrons. The van der Waals surface area contributed by atoms with Crippen LogP contribution in [0.2, 0.25) is 0 Å². The second-order valence-electron chi connectivity index (χ2n) is 10.8. The van der Waals surface area contributed by atoms with Gasteiger partial charge in [-0.15, -0.1) is 0 Å². The fraction of sp³-hybridized carbons (Fsp3) is 0.211. The number of rotatable bonds is 4. The largest absolute Gasteiger partial charge is 0.508 e. The highest BCUT2D eigenvalue weighted by atomic mass is 31.1. The first-order valence-electron chi connectivity index (χ1n) is 13.9. The van der Waals surface area contributed by atoms with Crippen molar-refractivity contribution in [3.05, 3.63) is 142 Å². The molecular formula is C38H41OP. The van der Waals surface area contributed by atoms with Crippen LogP contribution in [-0.4, -0.2) is 5.11 Å². The van der Waals surface area contributed by atoms with Gasteiger partial charge in [-0.05, 0) is 147 Å². The molecule has 5 rings (SSSR count). The Hall–Kier alpha value is -3.67. The van der Waals surface area contributed by atoms with E-state index < -0.39 is 7.92 Å². The van der Waals surface area contributed by atoms with Crippen LogP contribution < -0.4 is 15.9 Å². The van der Waals surface area contributed by atoms with Crippen molar-refractivity contribution in [2.75, 3.05) is 0 Å². The average molecular weight is 545 g/mol. The van der Waals surface area contributed by atoms with Crippen LogP contribution in [0.25, 0.3) is 11.1 Å². The van der Waals surface area contributed by atoms with Crippen LogP contribution in [-0.2, 0) is 0 Å². The molecule has 0 saturated heterocycles. The minimum absolute atomic E-state index is 0.321. The molecule has 2 heteroatoms. The van der Waals surface area contributed by atoms with Gasteiger partial charge in [-0.3, -0.25) is 0 Å². The summed E-state index contributed by atoms with van der Waals surface area (Å²) in [5, 5.41) is 14.1. The summed E-state index contributed by atoms with van der Waals surface area (Å²) < 4.78 is 0. The van der Waals surface area contributed by atoms with Gasteiger partial charge in [0.15, 0.2) is 0 Å². The van der Waals surface area contributed by atoms with E-state index in [4.69, 9.17) is 0 Å². The van der Waals surface area contributed by atoms with Crippen LogP contribution in [0.1, 0.15) is 44.5 Å². The van der Waals surface area contributed by atoms with E-state index in [0.29, 0.717) is 5.75 Å². The summed E-state index contributed by atoms with van der Waals surface area (Å²) in [6.45, 7) is 17.9. The van der Waals surface area contributed by atoms with Crippen molar-refractivity contribution in [2.24, 2.45) is 0 Å². The Balaban J connectivity index is 0.000000255. The highest BCUT2D eigenvalue weighted by Crippen LogP contribution is 2.40. The molecule has 0 fully saturated rings. The van der Waals surface area contributed by atoms with Crippen LogP contribution in [0.3, 0.4) is 0 Å². The highest BCUT2D eigenvalue weighted by molar-refractivity contribution is 7.80. The molecule has 0 aromatic heterocycles. The second kappa shape index (κ2) is 12.7. The first-order valence-corrected chi connectivity index (χ1v) is 15.3. The molecule has 0 aliphatic rings. The maximum Gasteiger partial charge on any atom is 0.115 e. The van der Waals surface area contributed by atoms with Crippen molar-refractivity contribution in [2.45, 2.75) is 55.4 Å². The van der Waals surface area contributed by atoms with Gasteiger partial charge in [-0.1, -0.05) is 84.9 Å². The first-order chi connectivity index (χ1) is 19.1. The first kappa shape index (κ1) is 29.3. The number of benzene rings is 5. The zero-order chi connectivity index (χ0) is 29.0. The lowest BCUT2D eigenvalue weighted by Gasteiger charge is -2.29. The molecule has 0 spiro atoms. The van der Waals surface area contributed by atoms with Crippen molar-refractivity contribution < 1.29 is 5.11 Å². The molecule has 5 aromatic carbocycles. The molecule has 0 aliphatic heterocycles. The van der Waals surface area contributed by atoms with Gasteiger partial charge < -0.3 is 5.11 Å². The predicted molar refractivity (Wildman–Crippen MR) is 177 cm³/mol. The minimum atomic E-state index is -0.718. The minimum Gasteiger partial charge on any atom is -0.508 e. The summed E-state index contributed by atoms with van der Waals surface area (Å²) in [6.07, 6.45) is 0. The van der Waals surface area contributed by atoms with Crippen molar-refractivity contribution in [3.63, 3.8) is 0 Å². The Kier molecular flexibility index (Phi) is 9.28. The molecule has 0 unspecified atom stereocenters. The molecule has 5 aromatic rings. The highest BCUT2D eigenvalue weighted by Gasteiger charge is 2.26. The molecular weight excluding hydrogens is 503 g/mol. The van der Waals surface area contributed by atoms with Crippen LogP contribution in [0.5, 0.6) is 5.75 Å². The molecule has 204 valence electrons. The summed E-state index contributed by atoms with van der Waals surface area (Å²) in [5.74, 6) is 0.321. The lowest BCUT2D eigenvalue weighted by molar-refractivity contribution is 0.475. The van der Waals surface area contributed by atoms with Gasteiger partial charge in [0.05, 0.1) is 0 Å². The normalized spacial score (nSPS) is 10.8. The van der Waals surface area contributed by atoms with E-state index in [1.165, 1.54) is 71.5 Å². The van der Waals surface area contributed by atoms with E-state index in [-0.39, 0.29) is 0 Å². The molecule has 0 amide bonds. The zero-order valence-corrected chi connectivity index (χ0v) is 26.0. The quantitative estimate of drug-likeness (QED) is 0.224. The Bertz CT molecular complexity index is 1450. The van der Waals surface area contributed by atoms with Crippen molar-refractivity contribution in [3.8, 4) is 16.9 Å². The molecule has 1 N–H and O–H groups in total. The standard InChI is InChI=1S/C26H31OP.C12H10/c1-15-13-16(2)20(6)25(19(15)5)28(24-11-9-23(27)10-12-24)26-21(7)17(3)14-18(4)22(26)8;1-3-7-11(8-4-1)12-9-5-2-6-10-12/h9-14,27H,1-8H3;1-10H. The summed E-state index contributed by atoms with van der Waals surface area (Å²) >= 11 is 0. The van der Waals surface area contributed by atoms with E-state index >= 15 is 0 Å². The Morgan fingerprint density at radius 3 is 1.07 bits per heavy atom. The Morgan fingerprint density at radius 2 is 0.750 bits per heavy atom. The number of phenolic OH excluding ortho intramolecular Hbond substituents is 1. The number of hydrogen-bond acceptors (Lipinski definition) is 1. The number of aryl methyl sites for hydroxylation is 4. The summed E-state index contributed by atoms with van der Waals surface area (Å²) in [7, 11) is -0.718. The fourth-order valence-electron chi connectivity index (χ4n) is 5.30. The van der Waals surface area contributed by atoms with Crippen molar-refractivity contribution >= 4 is 23.8 Å². The molecule has 0 atom stereocenters. The van der Waals surface area contributed by atoms with E-state index in [1.54, 1.807) is 0 Å². The van der Waals surface area contributed by atoms with Gasteiger partial charge in [0, 0.05) is 0 Å². The monoisotopic (exact) mass is 544 g/mol. The van der Waals surface area contributed by atoms with E-state index in [9.17, 15) is 5.11 Å². The Labute approximate surface area is 242 Å². The molecule has 0 heterocycles. The van der Waals surface area contributed by atoms with Gasteiger partial charge in [0.2, 0.25) is 0 Å². The third-order valence-corrected chi connectivity index (χ3v) is 11.1. The predicted octanol–water partition coefficient (Wildman–Crippen LogP) is 8.97. The topological polar surface area (TPSA) is 20.2 Å². The maximum atomic E-state index is 9.88. The van der Waals surface area contributed by atoms with Gasteiger partial charge in [0.1, 0.15) is 5.75 Å². The third-order valence-electron chi connectivity index (χ3n) is 8.09. The average Bonchev–Trinajstić information content (AvgIpc) is 2.96. The molecule has 0 saturated carbocycles. The SMILES string of the molecule is Cc1cc(C)c(C)c(P(c2ccc(O)cc2)c2c(C)c(C)cc(C)c2C)c1C.c1ccc(-c2ccccc2)cc1. The van der Waals surface area contributed by atoms with Crippen molar-refractivity contribution in [1.82, 2.24) is 0 Å². The van der Waals surface area contributed by atoms with E-state index in [2.05, 4.69) is 128 Å². The van der Waals surface area contributed by atoms with Crippen LogP contribution >= 0.6 is 7.92 Å². The van der Waals surface area contributed by atoms with Gasteiger partial charge >= 0.3 is 0 Å². The molecule has 0 bridgehead atoms. The maximum absolute atomic E-state index is 9.88. The number of aromatic hydroxyl groups is 1. The summed E-state index contributed by atoms with van der Waals surface area (Å²) in [5.41, 5.74) is 13.5. The third kappa shape index (κ3) is 6.22. The smallest absolute Gasteiger partial charge is 0.115 e. The lowest BCUT2D eigenvalue weighted by atomic mass is 10.0. The van der Waals surface area contributed by atoms with Crippen LogP contribution in [0.15, 0.2) is 97.1 Å². The van der Waals surface area contributed by atoms with E-state index in [1.807, 2.05) is 24.3 Å². The second-order valence-corrected chi connectivity index (χ2v) is 12.9. The summed E-state index contributed by atoms with van der Waals surface area (Å²) in [4.78, 5) is 0. The van der Waals surface area contributed by atoms with Crippen LogP contribution in [0.4, 0.5) is 0 Å². The number of hydrogen-bond donors (Lipinski definition) is 1. The van der Waals surface area contributed by atoms with Gasteiger partial charge in [-0.25, -0.2) is 0 Å². The zero-order valence-electron chi connectivity index (χ0n) is 25.1.